The SMILES string of the molecule is CN1CC(=O)N(CC(=O)Cc2ccccc2)C1=O. The van der Waals surface area contributed by atoms with Crippen LogP contribution in [0.2, 0.25) is 0 Å². The van der Waals surface area contributed by atoms with Crippen LogP contribution in [0.1, 0.15) is 5.56 Å². The second-order valence-corrected chi connectivity index (χ2v) is 4.32. The van der Waals surface area contributed by atoms with E-state index < -0.39 is 6.03 Å². The molecule has 0 radical (unpaired) electrons. The molecule has 0 aromatic heterocycles. The molecule has 1 aromatic rings. The predicted molar refractivity (Wildman–Crippen MR) is 64.9 cm³/mol. The summed E-state index contributed by atoms with van der Waals surface area (Å²) in [5.41, 5.74) is 0.884. The molecular formula is C13H14N2O3. The zero-order valence-electron chi connectivity index (χ0n) is 10.1. The number of imide groups is 1. The maximum absolute atomic E-state index is 11.8. The molecule has 5 nitrogen and oxygen atoms in total. The zero-order chi connectivity index (χ0) is 13.1. The molecule has 1 aliphatic heterocycles. The molecule has 0 saturated carbocycles. The summed E-state index contributed by atoms with van der Waals surface area (Å²) in [5.74, 6) is -0.456. The largest absolute Gasteiger partial charge is 0.327 e. The molecule has 18 heavy (non-hydrogen) atoms. The lowest BCUT2D eigenvalue weighted by Gasteiger charge is -2.12. The van der Waals surface area contributed by atoms with Gasteiger partial charge in [0.25, 0.3) is 5.91 Å². The highest BCUT2D eigenvalue weighted by Gasteiger charge is 2.34. The molecule has 5 heteroatoms. The van der Waals surface area contributed by atoms with E-state index >= 15 is 0 Å². The molecule has 1 aromatic carbocycles. The lowest BCUT2D eigenvalue weighted by atomic mass is 10.1. The quantitative estimate of drug-likeness (QED) is 0.734. The lowest BCUT2D eigenvalue weighted by Crippen LogP contribution is -2.36. The molecular weight excluding hydrogens is 232 g/mol. The van der Waals surface area contributed by atoms with E-state index in [9.17, 15) is 14.4 Å². The fourth-order valence-corrected chi connectivity index (χ4v) is 1.88. The van der Waals surface area contributed by atoms with Gasteiger partial charge in [0.2, 0.25) is 0 Å². The van der Waals surface area contributed by atoms with E-state index in [-0.39, 0.29) is 31.2 Å². The number of carbonyl (C=O) groups excluding carboxylic acids is 3. The monoisotopic (exact) mass is 246 g/mol. The number of hydrogen-bond acceptors (Lipinski definition) is 3. The molecule has 1 saturated heterocycles. The number of Topliss-reactive ketones (excluding diaryl/α,β-unsaturated/α-hetero) is 1. The van der Waals surface area contributed by atoms with Crippen LogP contribution in [0.25, 0.3) is 0 Å². The standard InChI is InChI=1S/C13H14N2O3/c1-14-9-12(17)15(13(14)18)8-11(16)7-10-5-3-2-4-6-10/h2-6H,7-9H2,1H3. The summed E-state index contributed by atoms with van der Waals surface area (Å²) >= 11 is 0. The van der Waals surface area contributed by atoms with Crippen molar-refractivity contribution in [2.45, 2.75) is 6.42 Å². The Bertz CT molecular complexity index is 484. The minimum atomic E-state index is -0.401. The third kappa shape index (κ3) is 2.56. The normalized spacial score (nSPS) is 15.4. The van der Waals surface area contributed by atoms with Gasteiger partial charge in [-0.1, -0.05) is 30.3 Å². The van der Waals surface area contributed by atoms with Gasteiger partial charge in [0, 0.05) is 13.5 Å². The highest BCUT2D eigenvalue weighted by molar-refractivity contribution is 6.04. The molecule has 1 fully saturated rings. The average molecular weight is 246 g/mol. The van der Waals surface area contributed by atoms with E-state index in [4.69, 9.17) is 0 Å². The van der Waals surface area contributed by atoms with Crippen molar-refractivity contribution in [3.05, 3.63) is 35.9 Å². The van der Waals surface area contributed by atoms with Crippen molar-refractivity contribution >= 4 is 17.7 Å². The minimum absolute atomic E-state index is 0.0530. The molecule has 0 unspecified atom stereocenters. The van der Waals surface area contributed by atoms with Gasteiger partial charge in [-0.05, 0) is 5.56 Å². The number of urea groups is 1. The van der Waals surface area contributed by atoms with Gasteiger partial charge in [-0.15, -0.1) is 0 Å². The minimum Gasteiger partial charge on any atom is -0.318 e. The topological polar surface area (TPSA) is 57.7 Å². The summed E-state index contributed by atoms with van der Waals surface area (Å²) in [5, 5.41) is 0. The first-order valence-electron chi connectivity index (χ1n) is 5.69. The van der Waals surface area contributed by atoms with E-state index in [1.54, 1.807) is 7.05 Å². The summed E-state index contributed by atoms with van der Waals surface area (Å²) in [6.07, 6.45) is 0.238. The number of rotatable bonds is 4. The summed E-state index contributed by atoms with van der Waals surface area (Å²) in [6.45, 7) is -0.0889. The smallest absolute Gasteiger partial charge is 0.318 e. The predicted octanol–water partition coefficient (Wildman–Crippen LogP) is 0.692. The number of nitrogens with zero attached hydrogens (tertiary/aromatic N) is 2. The van der Waals surface area contributed by atoms with E-state index in [1.165, 1.54) is 4.90 Å². The van der Waals surface area contributed by atoms with Crippen molar-refractivity contribution < 1.29 is 14.4 Å². The third-order valence-electron chi connectivity index (χ3n) is 2.81. The van der Waals surface area contributed by atoms with Crippen LogP contribution in [0.3, 0.4) is 0 Å². The Morgan fingerprint density at radius 1 is 1.22 bits per heavy atom. The van der Waals surface area contributed by atoms with Crippen molar-refractivity contribution in [3.63, 3.8) is 0 Å². The van der Waals surface area contributed by atoms with Crippen LogP contribution in [0, 0.1) is 0 Å². The fraction of sp³-hybridized carbons (Fsp3) is 0.308. The molecule has 1 heterocycles. The van der Waals surface area contributed by atoms with Gasteiger partial charge < -0.3 is 4.90 Å². The van der Waals surface area contributed by atoms with Gasteiger partial charge in [-0.3, -0.25) is 14.5 Å². The second kappa shape index (κ2) is 5.00. The molecule has 0 spiro atoms. The number of hydrogen-bond donors (Lipinski definition) is 0. The summed E-state index contributed by atoms with van der Waals surface area (Å²) < 4.78 is 0. The molecule has 0 aliphatic carbocycles. The van der Waals surface area contributed by atoms with Gasteiger partial charge in [-0.25, -0.2) is 4.79 Å². The van der Waals surface area contributed by atoms with Crippen LogP contribution in [-0.4, -0.2) is 47.7 Å². The first-order valence-corrected chi connectivity index (χ1v) is 5.69. The van der Waals surface area contributed by atoms with E-state index in [1.807, 2.05) is 30.3 Å². The summed E-state index contributed by atoms with van der Waals surface area (Å²) in [4.78, 5) is 37.2. The van der Waals surface area contributed by atoms with Gasteiger partial charge in [0.1, 0.15) is 6.54 Å². The molecule has 1 aliphatic rings. The number of benzene rings is 1. The Hall–Kier alpha value is -2.17. The first-order chi connectivity index (χ1) is 8.58. The average Bonchev–Trinajstić information content (AvgIpc) is 2.57. The number of ketones is 1. The van der Waals surface area contributed by atoms with Crippen molar-refractivity contribution in [3.8, 4) is 0 Å². The number of likely N-dealkylation sites (N-methyl/N-ethyl adjacent to an activating group) is 1. The van der Waals surface area contributed by atoms with Crippen LogP contribution < -0.4 is 0 Å². The summed E-state index contributed by atoms with van der Waals surface area (Å²) in [6, 6.07) is 8.86. The molecule has 0 bridgehead atoms. The Balaban J connectivity index is 1.96. The maximum atomic E-state index is 11.8. The van der Waals surface area contributed by atoms with Crippen LogP contribution in [0.4, 0.5) is 4.79 Å². The second-order valence-electron chi connectivity index (χ2n) is 4.32. The Morgan fingerprint density at radius 2 is 1.89 bits per heavy atom. The van der Waals surface area contributed by atoms with E-state index in [0.29, 0.717) is 0 Å². The highest BCUT2D eigenvalue weighted by Crippen LogP contribution is 2.08. The third-order valence-corrected chi connectivity index (χ3v) is 2.81. The first kappa shape index (κ1) is 12.3. The summed E-state index contributed by atoms with van der Waals surface area (Å²) in [7, 11) is 1.54. The number of amides is 3. The molecule has 2 rings (SSSR count). The Morgan fingerprint density at radius 3 is 2.44 bits per heavy atom. The van der Waals surface area contributed by atoms with Crippen LogP contribution in [0.15, 0.2) is 30.3 Å². The van der Waals surface area contributed by atoms with Crippen molar-refractivity contribution in [2.75, 3.05) is 20.1 Å². The van der Waals surface area contributed by atoms with Crippen molar-refractivity contribution in [2.24, 2.45) is 0 Å². The van der Waals surface area contributed by atoms with Gasteiger partial charge in [0.15, 0.2) is 5.78 Å². The lowest BCUT2D eigenvalue weighted by molar-refractivity contribution is -0.129. The Kier molecular flexibility index (Phi) is 3.41. The van der Waals surface area contributed by atoms with Crippen LogP contribution >= 0.6 is 0 Å². The van der Waals surface area contributed by atoms with Gasteiger partial charge >= 0.3 is 6.03 Å². The maximum Gasteiger partial charge on any atom is 0.327 e. The molecule has 0 N–H and O–H groups in total. The van der Waals surface area contributed by atoms with Crippen LogP contribution in [-0.2, 0) is 16.0 Å². The highest BCUT2D eigenvalue weighted by atomic mass is 16.2. The van der Waals surface area contributed by atoms with Crippen molar-refractivity contribution in [1.29, 1.82) is 0 Å². The van der Waals surface area contributed by atoms with Crippen molar-refractivity contribution in [1.82, 2.24) is 9.80 Å². The Labute approximate surface area is 105 Å². The molecule has 94 valence electrons. The van der Waals surface area contributed by atoms with Crippen LogP contribution in [0.5, 0.6) is 0 Å². The van der Waals surface area contributed by atoms with E-state index in [2.05, 4.69) is 0 Å². The number of carbonyl (C=O) groups is 3. The van der Waals surface area contributed by atoms with E-state index in [0.717, 1.165) is 10.5 Å². The van der Waals surface area contributed by atoms with Gasteiger partial charge in [-0.2, -0.15) is 0 Å². The zero-order valence-corrected chi connectivity index (χ0v) is 10.1. The fourth-order valence-electron chi connectivity index (χ4n) is 1.88. The molecule has 0 atom stereocenters. The van der Waals surface area contributed by atoms with Gasteiger partial charge in [0.05, 0.1) is 6.54 Å². The molecule has 3 amide bonds.